The molecule has 18 heavy (non-hydrogen) atoms. The van der Waals surface area contributed by atoms with E-state index < -0.39 is 0 Å². The average Bonchev–Trinajstić information content (AvgIpc) is 2.36. The molecule has 0 bridgehead atoms. The van der Waals surface area contributed by atoms with Gasteiger partial charge in [0.25, 0.3) is 0 Å². The number of nitrogens with zero attached hydrogens (tertiary/aromatic N) is 3. The minimum absolute atomic E-state index is 0.525. The Hall–Kier alpha value is -1.61. The molecule has 1 aromatic carbocycles. The summed E-state index contributed by atoms with van der Waals surface area (Å²) in [5.74, 6) is 0.659. The van der Waals surface area contributed by atoms with E-state index in [1.54, 1.807) is 0 Å². The van der Waals surface area contributed by atoms with Crippen LogP contribution in [0.4, 0.5) is 5.95 Å². The maximum absolute atomic E-state index is 6.09. The van der Waals surface area contributed by atoms with Crippen LogP contribution in [0.1, 0.15) is 16.8 Å². The van der Waals surface area contributed by atoms with Gasteiger partial charge in [0.05, 0.1) is 0 Å². The molecule has 4 heteroatoms. The highest BCUT2D eigenvalue weighted by atomic mass is 35.5. The third-order valence-corrected chi connectivity index (χ3v) is 3.29. The lowest BCUT2D eigenvalue weighted by atomic mass is 10.2. The Balaban J connectivity index is 2.22. The summed E-state index contributed by atoms with van der Waals surface area (Å²) in [6.45, 7) is 4.64. The minimum atomic E-state index is 0.525. The molecular weight excluding hydrogens is 246 g/mol. The lowest BCUT2D eigenvalue weighted by molar-refractivity contribution is 0.855. The molecule has 0 N–H and O–H groups in total. The third kappa shape index (κ3) is 2.79. The second-order valence-electron chi connectivity index (χ2n) is 4.37. The number of hydrogen-bond acceptors (Lipinski definition) is 3. The molecule has 0 saturated heterocycles. The smallest absolute Gasteiger partial charge is 0.227 e. The second-order valence-corrected chi connectivity index (χ2v) is 4.72. The molecule has 0 unspecified atom stereocenters. The highest BCUT2D eigenvalue weighted by Gasteiger charge is 2.10. The minimum Gasteiger partial charge on any atom is -0.340 e. The van der Waals surface area contributed by atoms with Gasteiger partial charge in [-0.25, -0.2) is 9.97 Å². The molecular formula is C14H16ClN3. The normalized spacial score (nSPS) is 10.4. The molecule has 0 aliphatic rings. The maximum atomic E-state index is 6.09. The van der Waals surface area contributed by atoms with Crippen molar-refractivity contribution in [2.75, 3.05) is 11.9 Å². The van der Waals surface area contributed by atoms with Gasteiger partial charge < -0.3 is 4.90 Å². The molecule has 1 heterocycles. The van der Waals surface area contributed by atoms with Crippen LogP contribution in [0.3, 0.4) is 0 Å². The standard InChI is InChI=1S/C14H16ClN3/c1-10-11(2)16-14(17-13(10)15)18(3)9-12-7-5-4-6-8-12/h4-8H,9H2,1-3H3. The van der Waals surface area contributed by atoms with E-state index in [1.165, 1.54) is 5.56 Å². The van der Waals surface area contributed by atoms with E-state index in [1.807, 2.05) is 44.0 Å². The van der Waals surface area contributed by atoms with Crippen LogP contribution in [0, 0.1) is 13.8 Å². The summed E-state index contributed by atoms with van der Waals surface area (Å²) in [6.07, 6.45) is 0. The first-order chi connectivity index (χ1) is 8.58. The van der Waals surface area contributed by atoms with E-state index in [2.05, 4.69) is 22.1 Å². The van der Waals surface area contributed by atoms with Crippen molar-refractivity contribution in [2.45, 2.75) is 20.4 Å². The van der Waals surface area contributed by atoms with Gasteiger partial charge in [0.2, 0.25) is 5.95 Å². The number of rotatable bonds is 3. The van der Waals surface area contributed by atoms with Crippen molar-refractivity contribution in [2.24, 2.45) is 0 Å². The molecule has 94 valence electrons. The molecule has 0 radical (unpaired) electrons. The third-order valence-electron chi connectivity index (χ3n) is 2.92. The van der Waals surface area contributed by atoms with Crippen molar-refractivity contribution in [3.05, 3.63) is 52.3 Å². The summed E-state index contributed by atoms with van der Waals surface area (Å²) in [4.78, 5) is 10.8. The molecule has 0 saturated carbocycles. The number of hydrogen-bond donors (Lipinski definition) is 0. The van der Waals surface area contributed by atoms with Crippen LogP contribution in [0.25, 0.3) is 0 Å². The van der Waals surface area contributed by atoms with Crippen LogP contribution in [-0.2, 0) is 6.54 Å². The van der Waals surface area contributed by atoms with Crippen LogP contribution in [-0.4, -0.2) is 17.0 Å². The van der Waals surface area contributed by atoms with Crippen molar-refractivity contribution < 1.29 is 0 Å². The lowest BCUT2D eigenvalue weighted by Gasteiger charge is -2.18. The molecule has 0 amide bonds. The van der Waals surface area contributed by atoms with Crippen molar-refractivity contribution >= 4 is 17.5 Å². The Morgan fingerprint density at radius 2 is 1.78 bits per heavy atom. The van der Waals surface area contributed by atoms with E-state index in [0.717, 1.165) is 17.8 Å². The topological polar surface area (TPSA) is 29.0 Å². The largest absolute Gasteiger partial charge is 0.340 e. The summed E-state index contributed by atoms with van der Waals surface area (Å²) in [7, 11) is 1.97. The van der Waals surface area contributed by atoms with Crippen LogP contribution >= 0.6 is 11.6 Å². The molecule has 0 aliphatic carbocycles. The number of benzene rings is 1. The second kappa shape index (κ2) is 5.36. The van der Waals surface area contributed by atoms with Crippen molar-refractivity contribution in [1.82, 2.24) is 9.97 Å². The summed E-state index contributed by atoms with van der Waals surface area (Å²) < 4.78 is 0. The number of aromatic nitrogens is 2. The van der Waals surface area contributed by atoms with E-state index in [9.17, 15) is 0 Å². The van der Waals surface area contributed by atoms with Gasteiger partial charge in [-0.15, -0.1) is 0 Å². The predicted molar refractivity (Wildman–Crippen MR) is 75.1 cm³/mol. The van der Waals surface area contributed by atoms with E-state index in [-0.39, 0.29) is 0 Å². The summed E-state index contributed by atoms with van der Waals surface area (Å²) >= 11 is 6.09. The van der Waals surface area contributed by atoms with Gasteiger partial charge in [0.1, 0.15) is 5.15 Å². The summed E-state index contributed by atoms with van der Waals surface area (Å²) in [5, 5.41) is 0.525. The van der Waals surface area contributed by atoms with Crippen LogP contribution in [0.15, 0.2) is 30.3 Å². The molecule has 2 aromatic rings. The Morgan fingerprint density at radius 1 is 1.11 bits per heavy atom. The van der Waals surface area contributed by atoms with Crippen LogP contribution in [0.2, 0.25) is 5.15 Å². The van der Waals surface area contributed by atoms with Crippen molar-refractivity contribution in [1.29, 1.82) is 0 Å². The van der Waals surface area contributed by atoms with Crippen LogP contribution in [0.5, 0.6) is 0 Å². The zero-order valence-electron chi connectivity index (χ0n) is 10.8. The van der Waals surface area contributed by atoms with Gasteiger partial charge >= 0.3 is 0 Å². The molecule has 1 aromatic heterocycles. The fraction of sp³-hybridized carbons (Fsp3) is 0.286. The van der Waals surface area contributed by atoms with Gasteiger partial charge in [-0.2, -0.15) is 0 Å². The highest BCUT2D eigenvalue weighted by molar-refractivity contribution is 6.30. The Labute approximate surface area is 112 Å². The maximum Gasteiger partial charge on any atom is 0.227 e. The molecule has 3 nitrogen and oxygen atoms in total. The first kappa shape index (κ1) is 12.8. The molecule has 2 rings (SSSR count). The fourth-order valence-corrected chi connectivity index (χ4v) is 1.89. The SMILES string of the molecule is Cc1nc(N(C)Cc2ccccc2)nc(Cl)c1C. The predicted octanol–water partition coefficient (Wildman–Crippen LogP) is 3.38. The summed E-state index contributed by atoms with van der Waals surface area (Å²) in [5.41, 5.74) is 3.08. The number of anilines is 1. The fourth-order valence-electron chi connectivity index (χ4n) is 1.68. The first-order valence-electron chi connectivity index (χ1n) is 5.83. The Bertz CT molecular complexity index is 517. The zero-order valence-corrected chi connectivity index (χ0v) is 11.6. The van der Waals surface area contributed by atoms with E-state index in [0.29, 0.717) is 11.1 Å². The van der Waals surface area contributed by atoms with Crippen LogP contribution < -0.4 is 4.90 Å². The number of aryl methyl sites for hydroxylation is 1. The highest BCUT2D eigenvalue weighted by Crippen LogP contribution is 2.19. The van der Waals surface area contributed by atoms with Gasteiger partial charge in [-0.1, -0.05) is 41.9 Å². The monoisotopic (exact) mass is 261 g/mol. The summed E-state index contributed by atoms with van der Waals surface area (Å²) in [6, 6.07) is 10.2. The molecule has 0 atom stereocenters. The molecule has 0 fully saturated rings. The van der Waals surface area contributed by atoms with E-state index >= 15 is 0 Å². The van der Waals surface area contributed by atoms with Gasteiger partial charge in [-0.05, 0) is 19.4 Å². The zero-order chi connectivity index (χ0) is 13.1. The van der Waals surface area contributed by atoms with Gasteiger partial charge in [0, 0.05) is 24.8 Å². The van der Waals surface area contributed by atoms with Crippen molar-refractivity contribution in [3.8, 4) is 0 Å². The van der Waals surface area contributed by atoms with E-state index in [4.69, 9.17) is 11.6 Å². The molecule has 0 aliphatic heterocycles. The quantitative estimate of drug-likeness (QED) is 0.793. The van der Waals surface area contributed by atoms with Crippen molar-refractivity contribution in [3.63, 3.8) is 0 Å². The Morgan fingerprint density at radius 3 is 2.39 bits per heavy atom. The van der Waals surface area contributed by atoms with Gasteiger partial charge in [0.15, 0.2) is 0 Å². The first-order valence-corrected chi connectivity index (χ1v) is 6.21. The number of halogens is 1. The average molecular weight is 262 g/mol. The molecule has 0 spiro atoms. The lowest BCUT2D eigenvalue weighted by Crippen LogP contribution is -2.19. The van der Waals surface area contributed by atoms with Gasteiger partial charge in [-0.3, -0.25) is 0 Å². The Kier molecular flexibility index (Phi) is 3.82.